The van der Waals surface area contributed by atoms with Crippen molar-refractivity contribution in [2.24, 2.45) is 0 Å². The highest BCUT2D eigenvalue weighted by atomic mass is 16.5. The van der Waals surface area contributed by atoms with Crippen molar-refractivity contribution in [3.8, 4) is 5.75 Å². The molecule has 0 amide bonds. The zero-order valence-corrected chi connectivity index (χ0v) is 11.8. The molecule has 2 rings (SSSR count). The van der Waals surface area contributed by atoms with Crippen LogP contribution in [-0.2, 0) is 6.61 Å². The molecule has 0 radical (unpaired) electrons. The highest BCUT2D eigenvalue weighted by molar-refractivity contribution is 5.62. The van der Waals surface area contributed by atoms with E-state index in [1.54, 1.807) is 18.2 Å². The van der Waals surface area contributed by atoms with E-state index in [0.717, 1.165) is 11.1 Å². The molecule has 4 heteroatoms. The van der Waals surface area contributed by atoms with Gasteiger partial charge in [0.1, 0.15) is 25.8 Å². The highest BCUT2D eigenvalue weighted by Gasteiger charge is 2.08. The molecular formula is C17H19NO3. The van der Waals surface area contributed by atoms with Gasteiger partial charge in [-0.2, -0.15) is 0 Å². The Balaban J connectivity index is 2.19. The molecule has 0 atom stereocenters. The fraction of sp³-hybridized carbons (Fsp3) is 0.176. The molecule has 2 N–H and O–H groups in total. The third-order valence-electron chi connectivity index (χ3n) is 3.16. The summed E-state index contributed by atoms with van der Waals surface area (Å²) in [5.74, 6) is 0.665. The molecule has 0 heterocycles. The second kappa shape index (κ2) is 7.47. The number of aliphatic hydroxyl groups excluding tert-OH is 2. The van der Waals surface area contributed by atoms with E-state index in [0.29, 0.717) is 18.0 Å². The summed E-state index contributed by atoms with van der Waals surface area (Å²) in [5.41, 5.74) is 2.62. The van der Waals surface area contributed by atoms with E-state index >= 15 is 0 Å². The van der Waals surface area contributed by atoms with Gasteiger partial charge in [0.25, 0.3) is 0 Å². The maximum atomic E-state index is 9.21. The van der Waals surface area contributed by atoms with E-state index in [-0.39, 0.29) is 13.5 Å². The average molecular weight is 285 g/mol. The summed E-state index contributed by atoms with van der Waals surface area (Å²) in [6.07, 6.45) is 1.71. The van der Waals surface area contributed by atoms with Crippen LogP contribution < -0.4 is 9.64 Å². The standard InChI is InChI=1S/C17H19NO3/c1-2-15-8-9-16(18(12-19)13-20)10-17(15)21-11-14-6-4-3-5-7-14/h2-10,19-20H,1,11-13H2. The molecule has 0 saturated carbocycles. The van der Waals surface area contributed by atoms with Crippen LogP contribution in [0.4, 0.5) is 5.69 Å². The first-order chi connectivity index (χ1) is 10.3. The van der Waals surface area contributed by atoms with Gasteiger partial charge in [0.2, 0.25) is 0 Å². The van der Waals surface area contributed by atoms with Gasteiger partial charge in [-0.25, -0.2) is 0 Å². The first-order valence-corrected chi connectivity index (χ1v) is 6.68. The molecular weight excluding hydrogens is 266 g/mol. The number of aliphatic hydroxyl groups is 2. The van der Waals surface area contributed by atoms with Gasteiger partial charge in [-0.05, 0) is 17.7 Å². The average Bonchev–Trinajstić information content (AvgIpc) is 2.55. The van der Waals surface area contributed by atoms with Gasteiger partial charge in [-0.1, -0.05) is 43.0 Å². The molecule has 0 aromatic heterocycles. The lowest BCUT2D eigenvalue weighted by Gasteiger charge is -2.20. The Bertz CT molecular complexity index is 580. The largest absolute Gasteiger partial charge is 0.488 e. The zero-order chi connectivity index (χ0) is 15.1. The van der Waals surface area contributed by atoms with Crippen molar-refractivity contribution in [2.45, 2.75) is 6.61 Å². The van der Waals surface area contributed by atoms with E-state index in [2.05, 4.69) is 6.58 Å². The van der Waals surface area contributed by atoms with Crippen molar-refractivity contribution in [3.05, 3.63) is 66.2 Å². The van der Waals surface area contributed by atoms with Crippen LogP contribution in [0.1, 0.15) is 11.1 Å². The first-order valence-electron chi connectivity index (χ1n) is 6.68. The van der Waals surface area contributed by atoms with Crippen molar-refractivity contribution in [3.63, 3.8) is 0 Å². The van der Waals surface area contributed by atoms with Crippen LogP contribution in [0.5, 0.6) is 5.75 Å². The van der Waals surface area contributed by atoms with Crippen molar-refractivity contribution >= 4 is 11.8 Å². The van der Waals surface area contributed by atoms with Gasteiger partial charge in [-0.3, -0.25) is 0 Å². The molecule has 2 aromatic rings. The normalized spacial score (nSPS) is 10.2. The molecule has 110 valence electrons. The monoisotopic (exact) mass is 285 g/mol. The second-order valence-corrected chi connectivity index (χ2v) is 4.52. The number of hydrogen-bond donors (Lipinski definition) is 2. The number of rotatable bonds is 7. The lowest BCUT2D eigenvalue weighted by molar-refractivity contribution is 0.223. The maximum Gasteiger partial charge on any atom is 0.129 e. The van der Waals surface area contributed by atoms with Crippen LogP contribution in [0.25, 0.3) is 6.08 Å². The summed E-state index contributed by atoms with van der Waals surface area (Å²) in [5, 5.41) is 18.4. The molecule has 2 aromatic carbocycles. The van der Waals surface area contributed by atoms with Crippen LogP contribution in [0.3, 0.4) is 0 Å². The van der Waals surface area contributed by atoms with E-state index in [9.17, 15) is 10.2 Å². The predicted octanol–water partition coefficient (Wildman–Crippen LogP) is 2.61. The molecule has 0 saturated heterocycles. The number of hydrogen-bond acceptors (Lipinski definition) is 4. The summed E-state index contributed by atoms with van der Waals surface area (Å²) in [7, 11) is 0. The Labute approximate surface area is 124 Å². The topological polar surface area (TPSA) is 52.9 Å². The smallest absolute Gasteiger partial charge is 0.129 e. The summed E-state index contributed by atoms with van der Waals surface area (Å²) < 4.78 is 5.83. The third-order valence-corrected chi connectivity index (χ3v) is 3.16. The molecule has 0 aliphatic heterocycles. The van der Waals surface area contributed by atoms with Gasteiger partial charge < -0.3 is 19.8 Å². The first kappa shape index (κ1) is 15.1. The van der Waals surface area contributed by atoms with Crippen LogP contribution in [0.15, 0.2) is 55.1 Å². The maximum absolute atomic E-state index is 9.21. The minimum absolute atomic E-state index is 0.262. The van der Waals surface area contributed by atoms with Gasteiger partial charge in [0.05, 0.1) is 0 Å². The Morgan fingerprint density at radius 2 is 1.76 bits per heavy atom. The van der Waals surface area contributed by atoms with Gasteiger partial charge in [0.15, 0.2) is 0 Å². The molecule has 21 heavy (non-hydrogen) atoms. The van der Waals surface area contributed by atoms with Crippen LogP contribution in [-0.4, -0.2) is 23.7 Å². The molecule has 0 fully saturated rings. The van der Waals surface area contributed by atoms with Crippen LogP contribution >= 0.6 is 0 Å². The van der Waals surface area contributed by atoms with E-state index in [4.69, 9.17) is 4.74 Å². The Hall–Kier alpha value is -2.30. The van der Waals surface area contributed by atoms with Gasteiger partial charge >= 0.3 is 0 Å². The third kappa shape index (κ3) is 3.84. The number of nitrogens with zero attached hydrogens (tertiary/aromatic N) is 1. The lowest BCUT2D eigenvalue weighted by atomic mass is 10.1. The molecule has 0 unspecified atom stereocenters. The number of benzene rings is 2. The summed E-state index contributed by atoms with van der Waals surface area (Å²) in [4.78, 5) is 1.42. The second-order valence-electron chi connectivity index (χ2n) is 4.52. The molecule has 0 aliphatic carbocycles. The summed E-state index contributed by atoms with van der Waals surface area (Å²) >= 11 is 0. The van der Waals surface area contributed by atoms with Crippen molar-refractivity contribution in [2.75, 3.05) is 18.4 Å². The van der Waals surface area contributed by atoms with E-state index in [1.165, 1.54) is 4.90 Å². The van der Waals surface area contributed by atoms with Gasteiger partial charge in [0, 0.05) is 17.3 Å². The Morgan fingerprint density at radius 3 is 2.38 bits per heavy atom. The fourth-order valence-electron chi connectivity index (χ4n) is 1.96. The van der Waals surface area contributed by atoms with Crippen molar-refractivity contribution in [1.29, 1.82) is 0 Å². The molecule has 0 bridgehead atoms. The summed E-state index contributed by atoms with van der Waals surface area (Å²) in [6, 6.07) is 15.3. The molecule has 4 nitrogen and oxygen atoms in total. The van der Waals surface area contributed by atoms with Gasteiger partial charge in [-0.15, -0.1) is 0 Å². The Morgan fingerprint density at radius 1 is 1.05 bits per heavy atom. The number of ether oxygens (including phenoxy) is 1. The van der Waals surface area contributed by atoms with E-state index < -0.39 is 0 Å². The molecule has 0 aliphatic rings. The SMILES string of the molecule is C=Cc1ccc(N(CO)CO)cc1OCc1ccccc1. The number of anilines is 1. The zero-order valence-electron chi connectivity index (χ0n) is 11.8. The van der Waals surface area contributed by atoms with Crippen LogP contribution in [0, 0.1) is 0 Å². The van der Waals surface area contributed by atoms with Crippen molar-refractivity contribution < 1.29 is 14.9 Å². The minimum Gasteiger partial charge on any atom is -0.488 e. The highest BCUT2D eigenvalue weighted by Crippen LogP contribution is 2.27. The quantitative estimate of drug-likeness (QED) is 0.768. The van der Waals surface area contributed by atoms with Crippen molar-refractivity contribution in [1.82, 2.24) is 0 Å². The molecule has 0 spiro atoms. The van der Waals surface area contributed by atoms with Crippen LogP contribution in [0.2, 0.25) is 0 Å². The minimum atomic E-state index is -0.262. The summed E-state index contributed by atoms with van der Waals surface area (Å²) in [6.45, 7) is 3.69. The Kier molecular flexibility index (Phi) is 5.37. The fourth-order valence-corrected chi connectivity index (χ4v) is 1.96. The lowest BCUT2D eigenvalue weighted by Crippen LogP contribution is -2.24. The predicted molar refractivity (Wildman–Crippen MR) is 84.0 cm³/mol. The van der Waals surface area contributed by atoms with E-state index in [1.807, 2.05) is 36.4 Å².